The first kappa shape index (κ1) is 15.2. The molecule has 0 radical (unpaired) electrons. The Morgan fingerprint density at radius 2 is 1.95 bits per heavy atom. The van der Waals surface area contributed by atoms with Gasteiger partial charge in [-0.3, -0.25) is 10.1 Å². The van der Waals surface area contributed by atoms with Crippen LogP contribution in [0.25, 0.3) is 11.3 Å². The summed E-state index contributed by atoms with van der Waals surface area (Å²) in [6.07, 6.45) is -0.0661. The SMILES string of the molecule is Cc1nc(Cl)nc(-c2ccccc2OC(C)C)c1[N+](=O)[O-]. The summed E-state index contributed by atoms with van der Waals surface area (Å²) in [4.78, 5) is 18.7. The smallest absolute Gasteiger partial charge is 0.316 e. The molecule has 110 valence electrons. The third kappa shape index (κ3) is 3.28. The average molecular weight is 308 g/mol. The van der Waals surface area contributed by atoms with E-state index in [2.05, 4.69) is 9.97 Å². The molecular weight excluding hydrogens is 294 g/mol. The molecular formula is C14H14ClN3O3. The molecule has 0 N–H and O–H groups in total. The summed E-state index contributed by atoms with van der Waals surface area (Å²) < 4.78 is 5.69. The number of nitro groups is 1. The second kappa shape index (κ2) is 6.05. The molecule has 7 heteroatoms. The Bertz CT molecular complexity index is 689. The zero-order valence-corrected chi connectivity index (χ0v) is 12.6. The third-order valence-corrected chi connectivity index (χ3v) is 2.89. The quantitative estimate of drug-likeness (QED) is 0.487. The molecule has 1 aromatic heterocycles. The minimum atomic E-state index is -0.507. The van der Waals surface area contributed by atoms with Crippen LogP contribution in [0.4, 0.5) is 5.69 Å². The van der Waals surface area contributed by atoms with E-state index in [0.29, 0.717) is 11.3 Å². The van der Waals surface area contributed by atoms with Gasteiger partial charge in [0, 0.05) is 5.56 Å². The van der Waals surface area contributed by atoms with Gasteiger partial charge in [0.05, 0.1) is 11.0 Å². The van der Waals surface area contributed by atoms with E-state index < -0.39 is 4.92 Å². The normalized spacial score (nSPS) is 10.7. The summed E-state index contributed by atoms with van der Waals surface area (Å²) in [7, 11) is 0. The maximum Gasteiger partial charge on any atom is 0.316 e. The van der Waals surface area contributed by atoms with Crippen LogP contribution in [0, 0.1) is 17.0 Å². The Balaban J connectivity index is 2.70. The minimum absolute atomic E-state index is 0.0348. The summed E-state index contributed by atoms with van der Waals surface area (Å²) in [5.74, 6) is 0.518. The van der Waals surface area contributed by atoms with Crippen molar-refractivity contribution in [1.82, 2.24) is 9.97 Å². The largest absolute Gasteiger partial charge is 0.490 e. The Morgan fingerprint density at radius 1 is 1.29 bits per heavy atom. The van der Waals surface area contributed by atoms with Crippen molar-refractivity contribution in [1.29, 1.82) is 0 Å². The van der Waals surface area contributed by atoms with Crippen LogP contribution in [0.3, 0.4) is 0 Å². The molecule has 0 fully saturated rings. The zero-order valence-electron chi connectivity index (χ0n) is 11.8. The number of aromatic nitrogens is 2. The Morgan fingerprint density at radius 3 is 2.57 bits per heavy atom. The molecule has 0 unspecified atom stereocenters. The first-order valence-electron chi connectivity index (χ1n) is 6.34. The van der Waals surface area contributed by atoms with Gasteiger partial charge in [0.15, 0.2) is 5.69 Å². The van der Waals surface area contributed by atoms with Crippen LogP contribution < -0.4 is 4.74 Å². The van der Waals surface area contributed by atoms with Crippen molar-refractivity contribution in [3.63, 3.8) is 0 Å². The van der Waals surface area contributed by atoms with Crippen molar-refractivity contribution in [3.8, 4) is 17.0 Å². The standard InChI is InChI=1S/C14H14ClN3O3/c1-8(2)21-11-7-5-4-6-10(11)12-13(18(19)20)9(3)16-14(15)17-12/h4-8H,1-3H3. The van der Waals surface area contributed by atoms with Crippen LogP contribution in [0.2, 0.25) is 5.28 Å². The molecule has 0 bridgehead atoms. The monoisotopic (exact) mass is 307 g/mol. The molecule has 0 saturated heterocycles. The number of rotatable bonds is 4. The maximum atomic E-state index is 11.3. The van der Waals surface area contributed by atoms with E-state index in [1.807, 2.05) is 13.8 Å². The lowest BCUT2D eigenvalue weighted by Crippen LogP contribution is -2.08. The Labute approximate surface area is 126 Å². The highest BCUT2D eigenvalue weighted by Crippen LogP contribution is 2.36. The van der Waals surface area contributed by atoms with Crippen molar-refractivity contribution in [2.45, 2.75) is 26.9 Å². The van der Waals surface area contributed by atoms with Crippen LogP contribution >= 0.6 is 11.6 Å². The molecule has 0 amide bonds. The number of benzene rings is 1. The first-order valence-corrected chi connectivity index (χ1v) is 6.72. The van der Waals surface area contributed by atoms with E-state index >= 15 is 0 Å². The van der Waals surface area contributed by atoms with Gasteiger partial charge in [0.25, 0.3) is 0 Å². The van der Waals surface area contributed by atoms with Crippen molar-refractivity contribution in [2.24, 2.45) is 0 Å². The molecule has 0 saturated carbocycles. The van der Waals surface area contributed by atoms with Crippen molar-refractivity contribution >= 4 is 17.3 Å². The van der Waals surface area contributed by atoms with Gasteiger partial charge < -0.3 is 4.74 Å². The fourth-order valence-corrected chi connectivity index (χ4v) is 2.17. The predicted molar refractivity (Wildman–Crippen MR) is 79.6 cm³/mol. The Kier molecular flexibility index (Phi) is 4.37. The zero-order chi connectivity index (χ0) is 15.6. The van der Waals surface area contributed by atoms with Gasteiger partial charge >= 0.3 is 5.69 Å². The van der Waals surface area contributed by atoms with E-state index in [0.717, 1.165) is 0 Å². The maximum absolute atomic E-state index is 11.3. The average Bonchev–Trinajstić information content (AvgIpc) is 2.37. The van der Waals surface area contributed by atoms with Crippen LogP contribution in [-0.2, 0) is 0 Å². The van der Waals surface area contributed by atoms with Crippen molar-refractivity contribution in [3.05, 3.63) is 45.4 Å². The lowest BCUT2D eigenvalue weighted by Gasteiger charge is -2.14. The van der Waals surface area contributed by atoms with Crippen molar-refractivity contribution < 1.29 is 9.66 Å². The molecule has 21 heavy (non-hydrogen) atoms. The van der Waals surface area contributed by atoms with Crippen molar-refractivity contribution in [2.75, 3.05) is 0 Å². The van der Waals surface area contributed by atoms with Gasteiger partial charge in [0.1, 0.15) is 11.4 Å². The van der Waals surface area contributed by atoms with Gasteiger partial charge in [-0.15, -0.1) is 0 Å². The second-order valence-electron chi connectivity index (χ2n) is 4.70. The second-order valence-corrected chi connectivity index (χ2v) is 5.03. The van der Waals surface area contributed by atoms with E-state index in [1.165, 1.54) is 6.92 Å². The number of aryl methyl sites for hydroxylation is 1. The summed E-state index contributed by atoms with van der Waals surface area (Å²) in [6.45, 7) is 5.29. The number of para-hydroxylation sites is 1. The number of nitrogens with zero attached hydrogens (tertiary/aromatic N) is 3. The van der Waals surface area contributed by atoms with Crippen LogP contribution in [0.1, 0.15) is 19.5 Å². The summed E-state index contributed by atoms with van der Waals surface area (Å²) >= 11 is 5.85. The lowest BCUT2D eigenvalue weighted by molar-refractivity contribution is -0.385. The summed E-state index contributed by atoms with van der Waals surface area (Å²) in [5.41, 5.74) is 0.729. The summed E-state index contributed by atoms with van der Waals surface area (Å²) in [5, 5.41) is 11.3. The molecule has 1 heterocycles. The van der Waals surface area contributed by atoms with E-state index in [9.17, 15) is 10.1 Å². The van der Waals surface area contributed by atoms with E-state index in [1.54, 1.807) is 24.3 Å². The summed E-state index contributed by atoms with van der Waals surface area (Å²) in [6, 6.07) is 7.01. The number of hydrogen-bond donors (Lipinski definition) is 0. The molecule has 1 aromatic carbocycles. The van der Waals surface area contributed by atoms with Gasteiger partial charge in [-0.1, -0.05) is 12.1 Å². The highest BCUT2D eigenvalue weighted by molar-refractivity contribution is 6.28. The molecule has 2 aromatic rings. The van der Waals surface area contributed by atoms with Crippen LogP contribution in [-0.4, -0.2) is 21.0 Å². The molecule has 0 aliphatic heterocycles. The topological polar surface area (TPSA) is 78.2 Å². The number of hydrogen-bond acceptors (Lipinski definition) is 5. The van der Waals surface area contributed by atoms with Crippen LogP contribution in [0.15, 0.2) is 24.3 Å². The third-order valence-electron chi connectivity index (χ3n) is 2.72. The molecule has 6 nitrogen and oxygen atoms in total. The molecule has 0 aliphatic carbocycles. The number of halogens is 1. The van der Waals surface area contributed by atoms with E-state index in [4.69, 9.17) is 16.3 Å². The fourth-order valence-electron chi connectivity index (χ4n) is 1.96. The lowest BCUT2D eigenvalue weighted by atomic mass is 10.1. The van der Waals surface area contributed by atoms with Gasteiger partial charge in [-0.25, -0.2) is 9.97 Å². The molecule has 2 rings (SSSR count). The molecule has 0 aliphatic rings. The fraction of sp³-hybridized carbons (Fsp3) is 0.286. The number of ether oxygens (including phenoxy) is 1. The van der Waals surface area contributed by atoms with Gasteiger partial charge in [0.2, 0.25) is 5.28 Å². The Hall–Kier alpha value is -2.21. The first-order chi connectivity index (χ1) is 9.90. The van der Waals surface area contributed by atoms with E-state index in [-0.39, 0.29) is 28.5 Å². The minimum Gasteiger partial charge on any atom is -0.490 e. The van der Waals surface area contributed by atoms with Crippen LogP contribution in [0.5, 0.6) is 5.75 Å². The van der Waals surface area contributed by atoms with Gasteiger partial charge in [-0.2, -0.15) is 0 Å². The highest BCUT2D eigenvalue weighted by atomic mass is 35.5. The predicted octanol–water partition coefficient (Wildman–Crippen LogP) is 3.80. The van der Waals surface area contributed by atoms with Gasteiger partial charge in [-0.05, 0) is 44.5 Å². The molecule has 0 atom stereocenters. The highest BCUT2D eigenvalue weighted by Gasteiger charge is 2.25. The molecule has 0 spiro atoms.